The van der Waals surface area contributed by atoms with Crippen molar-refractivity contribution >= 4 is 68.4 Å². The van der Waals surface area contributed by atoms with Gasteiger partial charge in [0.25, 0.3) is 0 Å². The molecule has 0 radical (unpaired) electrons. The molecule has 2 atom stereocenters. The fourth-order valence-electron chi connectivity index (χ4n) is 7.34. The average molecular weight is 731 g/mol. The molecular weight excluding hydrogens is 696 g/mol. The van der Waals surface area contributed by atoms with Gasteiger partial charge in [0, 0.05) is 46.3 Å². The van der Waals surface area contributed by atoms with Crippen molar-refractivity contribution in [3.8, 4) is 11.8 Å². The predicted octanol–water partition coefficient (Wildman–Crippen LogP) is 7.53. The fraction of sp³-hybridized carbons (Fsp3) is 0.282. The molecule has 1 aliphatic heterocycles. The molecule has 2 aromatic carbocycles. The zero-order valence-electron chi connectivity index (χ0n) is 28.5. The monoisotopic (exact) mass is 730 g/mol. The predicted molar refractivity (Wildman–Crippen MR) is 200 cm³/mol. The number of nitrogens with one attached hydrogen (secondary N) is 2. The molecule has 6 aromatic rings. The number of hydrogen-bond donors (Lipinski definition) is 4. The van der Waals surface area contributed by atoms with Gasteiger partial charge >= 0.3 is 11.9 Å². The maximum Gasteiger partial charge on any atom is 0.337 e. The van der Waals surface area contributed by atoms with Gasteiger partial charge in [0.2, 0.25) is 0 Å². The van der Waals surface area contributed by atoms with Crippen molar-refractivity contribution < 1.29 is 24.5 Å². The van der Waals surface area contributed by atoms with Crippen molar-refractivity contribution in [3.63, 3.8) is 0 Å². The number of ether oxygens (including phenoxy) is 1. The van der Waals surface area contributed by atoms with Gasteiger partial charge in [0.15, 0.2) is 11.6 Å². The first kappa shape index (κ1) is 34.1. The van der Waals surface area contributed by atoms with Gasteiger partial charge < -0.3 is 25.6 Å². The number of carboxylic acid groups (broad SMARTS) is 2. The quantitative estimate of drug-likeness (QED) is 0.103. The van der Waals surface area contributed by atoms with Crippen LogP contribution in [0.1, 0.15) is 64.4 Å². The molecule has 268 valence electrons. The van der Waals surface area contributed by atoms with Gasteiger partial charge in [0.05, 0.1) is 65.1 Å². The first-order chi connectivity index (χ1) is 25.8. The van der Waals surface area contributed by atoms with Crippen molar-refractivity contribution in [3.05, 3.63) is 95.0 Å². The van der Waals surface area contributed by atoms with Gasteiger partial charge in [-0.25, -0.2) is 9.59 Å². The molecule has 1 saturated heterocycles. The van der Waals surface area contributed by atoms with E-state index in [1.165, 1.54) is 36.9 Å². The Kier molecular flexibility index (Phi) is 9.39. The van der Waals surface area contributed by atoms with E-state index in [0.29, 0.717) is 53.7 Å². The summed E-state index contributed by atoms with van der Waals surface area (Å²) < 4.78 is 9.54. The maximum absolute atomic E-state index is 12.0. The van der Waals surface area contributed by atoms with Crippen LogP contribution in [-0.2, 0) is 11.3 Å². The molecule has 1 saturated carbocycles. The Bertz CT molecular complexity index is 2420. The molecule has 2 unspecified atom stereocenters. The third-order valence-corrected chi connectivity index (χ3v) is 10.3. The Labute approximate surface area is 309 Å². The van der Waals surface area contributed by atoms with Gasteiger partial charge in [-0.1, -0.05) is 36.3 Å². The molecule has 0 bridgehead atoms. The lowest BCUT2D eigenvalue weighted by Gasteiger charge is -2.18. The number of pyridine rings is 2. The molecular formula is C39H35ClN8O5. The minimum atomic E-state index is -1.07. The highest BCUT2D eigenvalue weighted by molar-refractivity contribution is 6.31. The second kappa shape index (κ2) is 14.6. The van der Waals surface area contributed by atoms with Crippen LogP contribution in [0.2, 0.25) is 5.02 Å². The third-order valence-electron chi connectivity index (χ3n) is 10.0. The van der Waals surface area contributed by atoms with Crippen molar-refractivity contribution in [2.24, 2.45) is 11.8 Å². The van der Waals surface area contributed by atoms with E-state index in [1.54, 1.807) is 0 Å². The van der Waals surface area contributed by atoms with Gasteiger partial charge in [-0.3, -0.25) is 19.3 Å². The van der Waals surface area contributed by atoms with Crippen LogP contribution in [0.3, 0.4) is 0 Å². The number of anilines is 4. The van der Waals surface area contributed by atoms with Gasteiger partial charge in [0.1, 0.15) is 0 Å². The van der Waals surface area contributed by atoms with Gasteiger partial charge in [-0.15, -0.1) is 0 Å². The number of nitrogens with zero attached hydrogens (tertiary/aromatic N) is 6. The number of carbonyl (C=O) groups is 2. The number of hydrogen-bond acceptors (Lipinski definition) is 9. The molecule has 13 nitrogen and oxygen atoms in total. The summed E-state index contributed by atoms with van der Waals surface area (Å²) in [6.45, 7) is 1.71. The lowest BCUT2D eigenvalue weighted by Crippen LogP contribution is -2.18. The molecule has 5 heterocycles. The fourth-order valence-corrected chi connectivity index (χ4v) is 7.51. The molecule has 8 rings (SSSR count). The van der Waals surface area contributed by atoms with Crippen LogP contribution in [0.15, 0.2) is 73.3 Å². The summed E-state index contributed by atoms with van der Waals surface area (Å²) in [5, 5.41) is 37.9. The largest absolute Gasteiger partial charge is 0.478 e. The van der Waals surface area contributed by atoms with E-state index in [0.717, 1.165) is 59.5 Å². The first-order valence-corrected chi connectivity index (χ1v) is 17.9. The number of aromatic nitrogens is 6. The van der Waals surface area contributed by atoms with Crippen LogP contribution < -0.4 is 10.6 Å². The number of fused-ring (bicyclic) bond motifs is 2. The number of rotatable bonds is 10. The zero-order chi connectivity index (χ0) is 36.5. The van der Waals surface area contributed by atoms with E-state index in [-0.39, 0.29) is 23.1 Å². The molecule has 2 aliphatic rings. The van der Waals surface area contributed by atoms with Crippen LogP contribution >= 0.6 is 11.6 Å². The summed E-state index contributed by atoms with van der Waals surface area (Å²) in [6, 6.07) is 14.5. The van der Waals surface area contributed by atoms with Crippen LogP contribution in [0.25, 0.3) is 21.8 Å². The molecule has 1 aliphatic carbocycles. The number of halogens is 1. The average Bonchev–Trinajstić information content (AvgIpc) is 3.99. The Morgan fingerprint density at radius 2 is 1.53 bits per heavy atom. The highest BCUT2D eigenvalue weighted by Gasteiger charge is 2.27. The molecule has 53 heavy (non-hydrogen) atoms. The summed E-state index contributed by atoms with van der Waals surface area (Å²) in [6.07, 6.45) is 11.1. The highest BCUT2D eigenvalue weighted by atomic mass is 35.5. The first-order valence-electron chi connectivity index (χ1n) is 17.5. The molecule has 2 fully saturated rings. The topological polar surface area (TPSA) is 169 Å². The third kappa shape index (κ3) is 6.98. The Morgan fingerprint density at radius 3 is 2.19 bits per heavy atom. The molecule has 4 aromatic heterocycles. The molecule has 0 spiro atoms. The molecule has 0 amide bonds. The summed E-state index contributed by atoms with van der Waals surface area (Å²) in [5.41, 5.74) is 3.39. The highest BCUT2D eigenvalue weighted by Crippen LogP contribution is 2.36. The lowest BCUT2D eigenvalue weighted by atomic mass is 9.91. The minimum Gasteiger partial charge on any atom is -0.478 e. The molecule has 14 heteroatoms. The zero-order valence-corrected chi connectivity index (χ0v) is 29.3. The smallest absolute Gasteiger partial charge is 0.337 e. The van der Waals surface area contributed by atoms with Crippen LogP contribution in [0.5, 0.6) is 0 Å². The van der Waals surface area contributed by atoms with Crippen molar-refractivity contribution in [2.75, 3.05) is 23.8 Å². The van der Waals surface area contributed by atoms with E-state index in [2.05, 4.69) is 32.4 Å². The van der Waals surface area contributed by atoms with E-state index < -0.39 is 11.9 Å². The summed E-state index contributed by atoms with van der Waals surface area (Å²) in [4.78, 5) is 32.1. The van der Waals surface area contributed by atoms with Crippen LogP contribution in [0, 0.1) is 23.7 Å². The lowest BCUT2D eigenvalue weighted by molar-refractivity contribution is 0.0687. The number of carboxylic acids is 2. The standard InChI is InChI=1S/C39H35ClN8O5/c40-26-8-10-34-31(18-26)36(43-32-19-41-14-11-28(32)38(49)50)45-47(34)21-25(24-3-1-2-4-24)7-5-23-6-9-35-30(17-23)37(46-48(35)27-13-16-53-22-27)44-33-20-42-15-12-29(33)39(51)52/h6,8-12,14-15,17-20,24-25,27H,1-4,13,16,21-22H2,(H,43,45)(H,44,46)(H,49,50)(H,51,52). The van der Waals surface area contributed by atoms with Gasteiger partial charge in [-0.05, 0) is 73.7 Å². The SMILES string of the molecule is O=C(O)c1ccncc1Nc1nn(CC(C#Cc2ccc3c(c2)c(Nc2cnccc2C(=O)O)nn3C2CCOC2)C2CCCC2)c2ccc(Cl)cc12. The van der Waals surface area contributed by atoms with E-state index in [1.807, 2.05) is 45.8 Å². The van der Waals surface area contributed by atoms with Crippen molar-refractivity contribution in [1.29, 1.82) is 0 Å². The van der Waals surface area contributed by atoms with Crippen molar-refractivity contribution in [1.82, 2.24) is 29.5 Å². The molecule has 4 N–H and O–H groups in total. The van der Waals surface area contributed by atoms with E-state index in [4.69, 9.17) is 26.5 Å². The summed E-state index contributed by atoms with van der Waals surface area (Å²) >= 11 is 6.43. The summed E-state index contributed by atoms with van der Waals surface area (Å²) in [5.74, 6) is 6.26. The normalized spacial score (nSPS) is 16.4. The number of aromatic carboxylic acids is 2. The van der Waals surface area contributed by atoms with Crippen molar-refractivity contribution in [2.45, 2.75) is 44.7 Å². The van der Waals surface area contributed by atoms with E-state index in [9.17, 15) is 19.8 Å². The Morgan fingerprint density at radius 1 is 0.868 bits per heavy atom. The van der Waals surface area contributed by atoms with E-state index >= 15 is 0 Å². The Balaban J connectivity index is 1.15. The second-order valence-corrected chi connectivity index (χ2v) is 13.8. The Hall–Kier alpha value is -5.97. The van der Waals surface area contributed by atoms with Gasteiger partial charge in [-0.2, -0.15) is 10.2 Å². The minimum absolute atomic E-state index is 0.0303. The maximum atomic E-state index is 12.0. The second-order valence-electron chi connectivity index (χ2n) is 13.4. The summed E-state index contributed by atoms with van der Waals surface area (Å²) in [7, 11) is 0. The number of benzene rings is 2. The van der Waals surface area contributed by atoms with Crippen LogP contribution in [-0.4, -0.2) is 64.9 Å². The van der Waals surface area contributed by atoms with Crippen LogP contribution in [0.4, 0.5) is 23.0 Å².